The lowest BCUT2D eigenvalue weighted by Crippen LogP contribution is -2.17. The molecule has 0 bridgehead atoms. The van der Waals surface area contributed by atoms with E-state index in [2.05, 4.69) is 14.7 Å². The summed E-state index contributed by atoms with van der Waals surface area (Å²) in [5.74, 6) is -1.16. The number of rotatable bonds is 6. The summed E-state index contributed by atoms with van der Waals surface area (Å²) in [4.78, 5) is 18.6. The van der Waals surface area contributed by atoms with Crippen molar-refractivity contribution in [2.24, 2.45) is 5.73 Å². The molecule has 3 rings (SSSR count). The molecule has 1 heterocycles. The van der Waals surface area contributed by atoms with Gasteiger partial charge in [-0.15, -0.1) is 0 Å². The number of fused-ring (bicyclic) bond motifs is 1. The molecule has 0 aliphatic carbocycles. The number of carbonyl (C=O) groups is 1. The maximum atomic E-state index is 12.5. The number of anilines is 1. The number of hydrogen-bond acceptors (Lipinski definition) is 6. The molecule has 1 aromatic heterocycles. The van der Waals surface area contributed by atoms with Crippen LogP contribution in [0, 0.1) is 0 Å². The van der Waals surface area contributed by atoms with Gasteiger partial charge in [0, 0.05) is 24.0 Å². The lowest BCUT2D eigenvalue weighted by Gasteiger charge is -2.10. The van der Waals surface area contributed by atoms with Crippen molar-refractivity contribution >= 4 is 32.7 Å². The van der Waals surface area contributed by atoms with Gasteiger partial charge >= 0.3 is 5.97 Å². The number of aromatic nitrogens is 2. The van der Waals surface area contributed by atoms with Crippen LogP contribution in [0.3, 0.4) is 0 Å². The predicted molar refractivity (Wildman–Crippen MR) is 96.0 cm³/mol. The second-order valence-electron chi connectivity index (χ2n) is 5.66. The van der Waals surface area contributed by atoms with Gasteiger partial charge in [0.25, 0.3) is 10.0 Å². The van der Waals surface area contributed by atoms with Crippen LogP contribution >= 0.6 is 0 Å². The summed E-state index contributed by atoms with van der Waals surface area (Å²) in [5.41, 5.74) is 6.12. The molecule has 0 aliphatic heterocycles. The molecule has 0 saturated heterocycles. The minimum atomic E-state index is -3.86. The molecule has 0 fully saturated rings. The number of carboxylic acid groups (broad SMARTS) is 1. The highest BCUT2D eigenvalue weighted by Crippen LogP contribution is 2.20. The van der Waals surface area contributed by atoms with Crippen LogP contribution in [0.25, 0.3) is 10.8 Å². The van der Waals surface area contributed by atoms with E-state index in [1.807, 2.05) is 24.3 Å². The van der Waals surface area contributed by atoms with Crippen LogP contribution in [0.1, 0.15) is 18.0 Å². The third kappa shape index (κ3) is 3.95. The largest absolute Gasteiger partial charge is 0.481 e. The fourth-order valence-corrected chi connectivity index (χ4v) is 3.39. The smallest absolute Gasteiger partial charge is 0.305 e. The second kappa shape index (κ2) is 7.06. The molecule has 3 aromatic rings. The Morgan fingerprint density at radius 2 is 1.77 bits per heavy atom. The summed E-state index contributed by atoms with van der Waals surface area (Å²) in [6.07, 6.45) is 2.34. The first kappa shape index (κ1) is 17.8. The molecule has 2 aromatic carbocycles. The van der Waals surface area contributed by atoms with E-state index in [1.165, 1.54) is 18.5 Å². The zero-order valence-corrected chi connectivity index (χ0v) is 14.3. The van der Waals surface area contributed by atoms with E-state index >= 15 is 0 Å². The van der Waals surface area contributed by atoms with Crippen molar-refractivity contribution in [3.8, 4) is 0 Å². The highest BCUT2D eigenvalue weighted by Gasteiger charge is 2.17. The third-order valence-corrected chi connectivity index (χ3v) is 5.08. The quantitative estimate of drug-likeness (QED) is 0.601. The fraction of sp³-hybridized carbons (Fsp3) is 0.118. The molecule has 0 saturated carbocycles. The standard InChI is InChI=1S/C17H16N4O4S/c18-15(8-16(22)23)13-9-19-17(20-10-13)21-26(24,25)14-6-5-11-3-1-2-4-12(11)7-14/h1-7,9-10,15H,8,18H2,(H,22,23)(H,19,20,21). The van der Waals surface area contributed by atoms with Crippen LogP contribution in [0.4, 0.5) is 5.95 Å². The highest BCUT2D eigenvalue weighted by molar-refractivity contribution is 7.92. The Morgan fingerprint density at radius 3 is 2.42 bits per heavy atom. The van der Waals surface area contributed by atoms with Crippen LogP contribution in [-0.4, -0.2) is 29.5 Å². The molecule has 0 radical (unpaired) electrons. The van der Waals surface area contributed by atoms with E-state index in [1.54, 1.807) is 12.1 Å². The van der Waals surface area contributed by atoms with Gasteiger partial charge in [-0.25, -0.2) is 23.1 Å². The minimum absolute atomic E-state index is 0.0893. The minimum Gasteiger partial charge on any atom is -0.481 e. The summed E-state index contributed by atoms with van der Waals surface area (Å²) >= 11 is 0. The Bertz CT molecular complexity index is 1050. The number of aliphatic carboxylic acids is 1. The average molecular weight is 372 g/mol. The van der Waals surface area contributed by atoms with E-state index < -0.39 is 22.0 Å². The maximum Gasteiger partial charge on any atom is 0.305 e. The molecule has 134 valence electrons. The van der Waals surface area contributed by atoms with Gasteiger partial charge in [-0.1, -0.05) is 30.3 Å². The van der Waals surface area contributed by atoms with E-state index in [9.17, 15) is 13.2 Å². The van der Waals surface area contributed by atoms with Crippen molar-refractivity contribution in [1.29, 1.82) is 0 Å². The molecule has 4 N–H and O–H groups in total. The van der Waals surface area contributed by atoms with Crippen LogP contribution in [0.2, 0.25) is 0 Å². The average Bonchev–Trinajstić information content (AvgIpc) is 2.61. The topological polar surface area (TPSA) is 135 Å². The number of carboxylic acids is 1. The Kier molecular flexibility index (Phi) is 4.83. The van der Waals surface area contributed by atoms with E-state index in [0.717, 1.165) is 10.8 Å². The third-order valence-electron chi connectivity index (χ3n) is 3.75. The maximum absolute atomic E-state index is 12.5. The zero-order chi connectivity index (χ0) is 18.7. The van der Waals surface area contributed by atoms with Gasteiger partial charge in [-0.3, -0.25) is 4.79 Å². The number of nitrogens with zero attached hydrogens (tertiary/aromatic N) is 2. The number of nitrogens with one attached hydrogen (secondary N) is 1. The lowest BCUT2D eigenvalue weighted by molar-refractivity contribution is -0.137. The van der Waals surface area contributed by atoms with Crippen molar-refractivity contribution in [1.82, 2.24) is 9.97 Å². The van der Waals surface area contributed by atoms with Crippen LogP contribution < -0.4 is 10.5 Å². The molecule has 9 heteroatoms. The Balaban J connectivity index is 1.81. The highest BCUT2D eigenvalue weighted by atomic mass is 32.2. The van der Waals surface area contributed by atoms with Crippen molar-refractivity contribution < 1.29 is 18.3 Å². The Labute approximate surface area is 149 Å². The molecule has 8 nitrogen and oxygen atoms in total. The Morgan fingerprint density at radius 1 is 1.12 bits per heavy atom. The van der Waals surface area contributed by atoms with Crippen LogP contribution in [0.15, 0.2) is 59.8 Å². The van der Waals surface area contributed by atoms with Crippen molar-refractivity contribution in [2.75, 3.05) is 4.72 Å². The lowest BCUT2D eigenvalue weighted by atomic mass is 10.1. The summed E-state index contributed by atoms with van der Waals surface area (Å²) in [6, 6.07) is 11.4. The first-order valence-corrected chi connectivity index (χ1v) is 9.14. The molecule has 0 aliphatic rings. The van der Waals surface area contributed by atoms with Gasteiger partial charge in [0.2, 0.25) is 5.95 Å². The van der Waals surface area contributed by atoms with Gasteiger partial charge in [-0.2, -0.15) is 0 Å². The van der Waals surface area contributed by atoms with Gasteiger partial charge in [-0.05, 0) is 22.9 Å². The predicted octanol–water partition coefficient (Wildman–Crippen LogP) is 1.91. The summed E-state index contributed by atoms with van der Waals surface area (Å²) in [6.45, 7) is 0. The molecule has 1 atom stereocenters. The zero-order valence-electron chi connectivity index (χ0n) is 13.5. The summed E-state index contributed by atoms with van der Waals surface area (Å²) < 4.78 is 27.3. The van der Waals surface area contributed by atoms with Crippen molar-refractivity contribution in [2.45, 2.75) is 17.4 Å². The molecule has 1 unspecified atom stereocenters. The monoisotopic (exact) mass is 372 g/mol. The number of sulfonamides is 1. The second-order valence-corrected chi connectivity index (χ2v) is 7.34. The first-order chi connectivity index (χ1) is 12.3. The van der Waals surface area contributed by atoms with Gasteiger partial charge < -0.3 is 10.8 Å². The van der Waals surface area contributed by atoms with E-state index in [4.69, 9.17) is 10.8 Å². The Hall–Kier alpha value is -3.04. The normalized spacial score (nSPS) is 12.7. The number of hydrogen-bond donors (Lipinski definition) is 3. The van der Waals surface area contributed by atoms with E-state index in [0.29, 0.717) is 5.56 Å². The molecule has 0 amide bonds. The number of nitrogens with two attached hydrogens (primary N) is 1. The van der Waals surface area contributed by atoms with Crippen LogP contribution in [0.5, 0.6) is 0 Å². The van der Waals surface area contributed by atoms with Gasteiger partial charge in [0.05, 0.1) is 11.3 Å². The van der Waals surface area contributed by atoms with Crippen LogP contribution in [-0.2, 0) is 14.8 Å². The molecular weight excluding hydrogens is 356 g/mol. The molecule has 26 heavy (non-hydrogen) atoms. The summed E-state index contributed by atoms with van der Waals surface area (Å²) in [7, 11) is -3.86. The fourth-order valence-electron chi connectivity index (χ4n) is 2.40. The van der Waals surface area contributed by atoms with Crippen molar-refractivity contribution in [3.63, 3.8) is 0 Å². The van der Waals surface area contributed by atoms with E-state index in [-0.39, 0.29) is 17.3 Å². The van der Waals surface area contributed by atoms with Gasteiger partial charge in [0.1, 0.15) is 0 Å². The van der Waals surface area contributed by atoms with Crippen molar-refractivity contribution in [3.05, 3.63) is 60.4 Å². The number of benzene rings is 2. The SMILES string of the molecule is NC(CC(=O)O)c1cnc(NS(=O)(=O)c2ccc3ccccc3c2)nc1. The van der Waals surface area contributed by atoms with Gasteiger partial charge in [0.15, 0.2) is 0 Å². The molecular formula is C17H16N4O4S. The molecule has 0 spiro atoms. The first-order valence-electron chi connectivity index (χ1n) is 7.66. The summed E-state index contributed by atoms with van der Waals surface area (Å²) in [5, 5.41) is 10.5.